The number of pyridine rings is 1. The van der Waals surface area contributed by atoms with Crippen LogP contribution in [0.5, 0.6) is 0 Å². The Labute approximate surface area is 157 Å². The van der Waals surface area contributed by atoms with Crippen LogP contribution in [0, 0.1) is 6.92 Å². The standard InChI is InChI=1S/C19H21ClN4S/c1-14-13-25-19(21-14)24-8-4-7-23(9-10-24)12-16-11-15-5-2-3-6-17(15)22-18(16)20/h2-3,5-6,11,13H,4,7-10,12H2,1H3. The van der Waals surface area contributed by atoms with Crippen molar-refractivity contribution >= 4 is 39.0 Å². The van der Waals surface area contributed by atoms with Crippen molar-refractivity contribution in [3.63, 3.8) is 0 Å². The summed E-state index contributed by atoms with van der Waals surface area (Å²) in [6.45, 7) is 7.06. The van der Waals surface area contributed by atoms with Gasteiger partial charge in [-0.15, -0.1) is 11.3 Å². The Morgan fingerprint density at radius 2 is 2.00 bits per heavy atom. The second-order valence-corrected chi connectivity index (χ2v) is 7.71. The van der Waals surface area contributed by atoms with Gasteiger partial charge in [-0.25, -0.2) is 9.97 Å². The molecule has 2 aromatic heterocycles. The zero-order valence-electron chi connectivity index (χ0n) is 14.3. The normalized spacial score (nSPS) is 16.3. The lowest BCUT2D eigenvalue weighted by Gasteiger charge is -2.22. The van der Waals surface area contributed by atoms with E-state index in [0.717, 1.165) is 66.4 Å². The van der Waals surface area contributed by atoms with E-state index in [4.69, 9.17) is 11.6 Å². The number of aryl methyl sites for hydroxylation is 1. The summed E-state index contributed by atoms with van der Waals surface area (Å²) in [6, 6.07) is 10.3. The molecule has 0 atom stereocenters. The third-order valence-corrected chi connectivity index (χ3v) is 5.96. The van der Waals surface area contributed by atoms with Crippen molar-refractivity contribution in [2.24, 2.45) is 0 Å². The second-order valence-electron chi connectivity index (χ2n) is 6.52. The van der Waals surface area contributed by atoms with Crippen LogP contribution in [-0.2, 0) is 6.54 Å². The van der Waals surface area contributed by atoms with Crippen LogP contribution in [0.2, 0.25) is 5.15 Å². The van der Waals surface area contributed by atoms with Gasteiger partial charge in [0.25, 0.3) is 0 Å². The minimum atomic E-state index is 0.621. The lowest BCUT2D eigenvalue weighted by Crippen LogP contribution is -2.30. The second kappa shape index (κ2) is 7.28. The van der Waals surface area contributed by atoms with Crippen LogP contribution >= 0.6 is 22.9 Å². The number of thiazole rings is 1. The molecule has 6 heteroatoms. The van der Waals surface area contributed by atoms with Crippen LogP contribution in [-0.4, -0.2) is 41.0 Å². The van der Waals surface area contributed by atoms with Crippen LogP contribution in [0.25, 0.3) is 10.9 Å². The largest absolute Gasteiger partial charge is 0.347 e. The summed E-state index contributed by atoms with van der Waals surface area (Å²) in [5.74, 6) is 0. The van der Waals surface area contributed by atoms with Crippen LogP contribution < -0.4 is 4.90 Å². The molecule has 1 aliphatic rings. The molecule has 0 amide bonds. The molecule has 3 heterocycles. The number of hydrogen-bond donors (Lipinski definition) is 0. The van der Waals surface area contributed by atoms with Gasteiger partial charge in [0.05, 0.1) is 11.2 Å². The molecule has 1 aromatic carbocycles. The van der Waals surface area contributed by atoms with Gasteiger partial charge in [0.2, 0.25) is 0 Å². The number of fused-ring (bicyclic) bond motifs is 1. The molecule has 4 rings (SSSR count). The third kappa shape index (κ3) is 3.78. The fraction of sp³-hybridized carbons (Fsp3) is 0.368. The quantitative estimate of drug-likeness (QED) is 0.639. The zero-order chi connectivity index (χ0) is 17.2. The number of nitrogens with zero attached hydrogens (tertiary/aromatic N) is 4. The van der Waals surface area contributed by atoms with E-state index in [2.05, 4.69) is 44.2 Å². The van der Waals surface area contributed by atoms with Crippen LogP contribution in [0.4, 0.5) is 5.13 Å². The number of anilines is 1. The first-order chi connectivity index (χ1) is 12.2. The van der Waals surface area contributed by atoms with Crippen molar-refractivity contribution in [3.05, 3.63) is 52.1 Å². The maximum absolute atomic E-state index is 6.43. The molecule has 1 fully saturated rings. The first-order valence-electron chi connectivity index (χ1n) is 8.62. The molecule has 0 radical (unpaired) electrons. The smallest absolute Gasteiger partial charge is 0.185 e. The lowest BCUT2D eigenvalue weighted by atomic mass is 10.1. The van der Waals surface area contributed by atoms with Gasteiger partial charge in [-0.05, 0) is 25.5 Å². The molecular formula is C19H21ClN4S. The van der Waals surface area contributed by atoms with Crippen LogP contribution in [0.3, 0.4) is 0 Å². The summed E-state index contributed by atoms with van der Waals surface area (Å²) in [5.41, 5.74) is 3.17. The van der Waals surface area contributed by atoms with Crippen molar-refractivity contribution in [2.75, 3.05) is 31.1 Å². The maximum Gasteiger partial charge on any atom is 0.185 e. The highest BCUT2D eigenvalue weighted by Crippen LogP contribution is 2.24. The van der Waals surface area contributed by atoms with Crippen molar-refractivity contribution < 1.29 is 0 Å². The molecule has 0 saturated carbocycles. The van der Waals surface area contributed by atoms with E-state index in [1.54, 1.807) is 11.3 Å². The highest BCUT2D eigenvalue weighted by molar-refractivity contribution is 7.13. The van der Waals surface area contributed by atoms with E-state index in [1.165, 1.54) is 0 Å². The van der Waals surface area contributed by atoms with E-state index in [0.29, 0.717) is 5.15 Å². The van der Waals surface area contributed by atoms with E-state index in [9.17, 15) is 0 Å². The molecule has 25 heavy (non-hydrogen) atoms. The molecule has 0 bridgehead atoms. The number of halogens is 1. The van der Waals surface area contributed by atoms with E-state index < -0.39 is 0 Å². The number of para-hydroxylation sites is 1. The van der Waals surface area contributed by atoms with Gasteiger partial charge in [-0.3, -0.25) is 4.90 Å². The molecule has 0 unspecified atom stereocenters. The Morgan fingerprint density at radius 3 is 2.84 bits per heavy atom. The number of hydrogen-bond acceptors (Lipinski definition) is 5. The SMILES string of the molecule is Cc1csc(N2CCCN(Cc3cc4ccccc4nc3Cl)CC2)n1. The minimum Gasteiger partial charge on any atom is -0.347 e. The summed E-state index contributed by atoms with van der Waals surface area (Å²) in [6.07, 6.45) is 1.14. The topological polar surface area (TPSA) is 32.3 Å². The van der Waals surface area contributed by atoms with Crippen molar-refractivity contribution in [2.45, 2.75) is 19.9 Å². The predicted molar refractivity (Wildman–Crippen MR) is 106 cm³/mol. The predicted octanol–water partition coefficient (Wildman–Crippen LogP) is 4.37. The first kappa shape index (κ1) is 16.8. The van der Waals surface area contributed by atoms with Crippen LogP contribution in [0.1, 0.15) is 17.7 Å². The third-order valence-electron chi connectivity index (χ3n) is 4.61. The van der Waals surface area contributed by atoms with Gasteiger partial charge in [0.15, 0.2) is 5.13 Å². The average Bonchev–Trinajstić information content (AvgIpc) is 2.90. The van der Waals surface area contributed by atoms with Gasteiger partial charge < -0.3 is 4.90 Å². The summed E-state index contributed by atoms with van der Waals surface area (Å²) in [5, 5.41) is 5.04. The summed E-state index contributed by atoms with van der Waals surface area (Å²) in [4.78, 5) is 14.0. The van der Waals surface area contributed by atoms with Gasteiger partial charge in [0.1, 0.15) is 5.15 Å². The first-order valence-corrected chi connectivity index (χ1v) is 9.88. The Bertz CT molecular complexity index is 879. The number of rotatable bonds is 3. The number of aromatic nitrogens is 2. The van der Waals surface area contributed by atoms with Gasteiger partial charge >= 0.3 is 0 Å². The van der Waals surface area contributed by atoms with E-state index in [1.807, 2.05) is 18.2 Å². The fourth-order valence-electron chi connectivity index (χ4n) is 3.30. The zero-order valence-corrected chi connectivity index (χ0v) is 15.9. The molecular weight excluding hydrogens is 352 g/mol. The Morgan fingerprint density at radius 1 is 1.12 bits per heavy atom. The van der Waals surface area contributed by atoms with Crippen molar-refractivity contribution in [1.29, 1.82) is 0 Å². The van der Waals surface area contributed by atoms with Crippen LogP contribution in [0.15, 0.2) is 35.7 Å². The Hall–Kier alpha value is -1.69. The van der Waals surface area contributed by atoms with Gasteiger partial charge in [-0.1, -0.05) is 29.8 Å². The monoisotopic (exact) mass is 372 g/mol. The summed E-state index contributed by atoms with van der Waals surface area (Å²) >= 11 is 8.17. The number of benzene rings is 1. The molecule has 0 spiro atoms. The molecule has 1 aliphatic heterocycles. The highest BCUT2D eigenvalue weighted by Gasteiger charge is 2.18. The van der Waals surface area contributed by atoms with Crippen molar-refractivity contribution in [1.82, 2.24) is 14.9 Å². The maximum atomic E-state index is 6.43. The average molecular weight is 373 g/mol. The molecule has 130 valence electrons. The molecule has 0 N–H and O–H groups in total. The minimum absolute atomic E-state index is 0.621. The fourth-order valence-corrected chi connectivity index (χ4v) is 4.36. The molecule has 1 saturated heterocycles. The summed E-state index contributed by atoms with van der Waals surface area (Å²) < 4.78 is 0. The van der Waals surface area contributed by atoms with E-state index in [-0.39, 0.29) is 0 Å². The highest BCUT2D eigenvalue weighted by atomic mass is 35.5. The van der Waals surface area contributed by atoms with Crippen molar-refractivity contribution in [3.8, 4) is 0 Å². The van der Waals surface area contributed by atoms with Gasteiger partial charge in [-0.2, -0.15) is 0 Å². The molecule has 4 nitrogen and oxygen atoms in total. The van der Waals surface area contributed by atoms with E-state index >= 15 is 0 Å². The molecule has 3 aromatic rings. The summed E-state index contributed by atoms with van der Waals surface area (Å²) in [7, 11) is 0. The lowest BCUT2D eigenvalue weighted by molar-refractivity contribution is 0.285. The Balaban J connectivity index is 1.47. The van der Waals surface area contributed by atoms with Gasteiger partial charge in [0, 0.05) is 49.1 Å². The molecule has 0 aliphatic carbocycles. The Kier molecular flexibility index (Phi) is 4.88.